The lowest BCUT2D eigenvalue weighted by Crippen LogP contribution is -2.29. The molecule has 0 spiro atoms. The van der Waals surface area contributed by atoms with Gasteiger partial charge < -0.3 is 4.90 Å². The van der Waals surface area contributed by atoms with Crippen LogP contribution in [0.5, 0.6) is 0 Å². The van der Waals surface area contributed by atoms with Gasteiger partial charge in [0.15, 0.2) is 0 Å². The average molecular weight is 176 g/mol. The molecular formula is C9H10NOSi. The molecule has 2 nitrogen and oxygen atoms in total. The predicted octanol–water partition coefficient (Wildman–Crippen LogP) is 1.17. The van der Waals surface area contributed by atoms with E-state index in [0.717, 1.165) is 5.69 Å². The first-order chi connectivity index (χ1) is 5.75. The molecule has 0 aromatic heterocycles. The molecule has 0 aliphatic heterocycles. The van der Waals surface area contributed by atoms with Crippen LogP contribution in [0.2, 0.25) is 0 Å². The molecule has 0 aliphatic carbocycles. The summed E-state index contributed by atoms with van der Waals surface area (Å²) >= 11 is 0. The number of carbonyl (C=O) groups excluding carboxylic acids is 1. The third-order valence-electron chi connectivity index (χ3n) is 1.61. The lowest BCUT2D eigenvalue weighted by atomic mass is 10.3. The summed E-state index contributed by atoms with van der Waals surface area (Å²) in [6, 6.07) is 9.55. The maximum atomic E-state index is 11.1. The molecule has 3 heteroatoms. The summed E-state index contributed by atoms with van der Waals surface area (Å²) in [6.45, 7) is 1.55. The van der Waals surface area contributed by atoms with Crippen molar-refractivity contribution in [2.75, 3.05) is 11.1 Å². The molecule has 0 saturated carbocycles. The van der Waals surface area contributed by atoms with Crippen LogP contribution in [0.15, 0.2) is 30.3 Å². The Morgan fingerprint density at radius 3 is 2.42 bits per heavy atom. The standard InChI is InChI=1S/C9H10NOSi/c1-8(11)10(7-12)9-5-3-2-4-6-9/h2-6H,7H2,1H3. The van der Waals surface area contributed by atoms with Gasteiger partial charge in [-0.2, -0.15) is 0 Å². The van der Waals surface area contributed by atoms with Crippen molar-refractivity contribution in [2.45, 2.75) is 6.92 Å². The molecule has 12 heavy (non-hydrogen) atoms. The minimum absolute atomic E-state index is 0.0381. The molecule has 0 N–H and O–H groups in total. The Balaban J connectivity index is 2.88. The highest BCUT2D eigenvalue weighted by Gasteiger charge is 2.06. The predicted molar refractivity (Wildman–Crippen MR) is 50.2 cm³/mol. The van der Waals surface area contributed by atoms with Crippen molar-refractivity contribution >= 4 is 21.8 Å². The van der Waals surface area contributed by atoms with Crippen LogP contribution in [0.3, 0.4) is 0 Å². The maximum absolute atomic E-state index is 11.1. The van der Waals surface area contributed by atoms with Gasteiger partial charge in [-0.25, -0.2) is 0 Å². The smallest absolute Gasteiger partial charge is 0.223 e. The van der Waals surface area contributed by atoms with E-state index in [9.17, 15) is 4.79 Å². The summed E-state index contributed by atoms with van der Waals surface area (Å²) in [5.41, 5.74) is 0.917. The lowest BCUT2D eigenvalue weighted by Gasteiger charge is -2.18. The van der Waals surface area contributed by atoms with Crippen LogP contribution in [0.1, 0.15) is 6.92 Å². The van der Waals surface area contributed by atoms with Crippen molar-refractivity contribution in [3.63, 3.8) is 0 Å². The number of benzene rings is 1. The lowest BCUT2D eigenvalue weighted by molar-refractivity contribution is -0.116. The normalized spacial score (nSPS) is 9.50. The second kappa shape index (κ2) is 4.06. The second-order valence-corrected chi connectivity index (χ2v) is 2.76. The van der Waals surface area contributed by atoms with E-state index in [4.69, 9.17) is 0 Å². The molecule has 61 valence electrons. The molecule has 0 bridgehead atoms. The number of amides is 1. The molecule has 3 radical (unpaired) electrons. The number of anilines is 1. The van der Waals surface area contributed by atoms with Gasteiger partial charge in [-0.05, 0) is 12.1 Å². The van der Waals surface area contributed by atoms with Gasteiger partial charge in [0.1, 0.15) is 0 Å². The highest BCUT2D eigenvalue weighted by atomic mass is 28.1. The number of carbonyl (C=O) groups is 1. The molecule has 0 unspecified atom stereocenters. The molecule has 0 fully saturated rings. The van der Waals surface area contributed by atoms with Crippen LogP contribution in [0.25, 0.3) is 0 Å². The zero-order chi connectivity index (χ0) is 8.97. The molecule has 0 saturated heterocycles. The quantitative estimate of drug-likeness (QED) is 0.619. The highest BCUT2D eigenvalue weighted by molar-refractivity contribution is 6.13. The van der Waals surface area contributed by atoms with Gasteiger partial charge >= 0.3 is 0 Å². The fraction of sp³-hybridized carbons (Fsp3) is 0.222. The van der Waals surface area contributed by atoms with Gasteiger partial charge in [0, 0.05) is 18.8 Å². The molecule has 0 atom stereocenters. The van der Waals surface area contributed by atoms with Crippen LogP contribution in [0, 0.1) is 0 Å². The van der Waals surface area contributed by atoms with E-state index in [0.29, 0.717) is 6.17 Å². The Morgan fingerprint density at radius 2 is 2.00 bits per heavy atom. The molecule has 1 rings (SSSR count). The maximum Gasteiger partial charge on any atom is 0.223 e. The third-order valence-corrected chi connectivity index (χ3v) is 1.92. The van der Waals surface area contributed by atoms with Crippen molar-refractivity contribution in [3.8, 4) is 0 Å². The number of rotatable bonds is 2. The first-order valence-corrected chi connectivity index (χ1v) is 4.44. The number of para-hydroxylation sites is 1. The van der Waals surface area contributed by atoms with E-state index in [1.54, 1.807) is 11.8 Å². The van der Waals surface area contributed by atoms with Gasteiger partial charge in [0.05, 0.1) is 10.2 Å². The summed E-state index contributed by atoms with van der Waals surface area (Å²) in [5.74, 6) is 0.0381. The minimum atomic E-state index is 0.0381. The SMILES string of the molecule is CC(=O)N(C[Si])c1ccccc1. The molecule has 1 aromatic rings. The van der Waals surface area contributed by atoms with Crippen LogP contribution in [-0.2, 0) is 4.79 Å². The van der Waals surface area contributed by atoms with Crippen molar-refractivity contribution in [2.24, 2.45) is 0 Å². The summed E-state index contributed by atoms with van der Waals surface area (Å²) in [7, 11) is 3.31. The van der Waals surface area contributed by atoms with Gasteiger partial charge in [-0.3, -0.25) is 4.79 Å². The number of nitrogens with zero attached hydrogens (tertiary/aromatic N) is 1. The largest absolute Gasteiger partial charge is 0.316 e. The average Bonchev–Trinajstić information content (AvgIpc) is 2.07. The zero-order valence-electron chi connectivity index (χ0n) is 6.95. The van der Waals surface area contributed by atoms with E-state index in [1.165, 1.54) is 0 Å². The van der Waals surface area contributed by atoms with Gasteiger partial charge in [0.25, 0.3) is 0 Å². The van der Waals surface area contributed by atoms with Gasteiger partial charge in [0.2, 0.25) is 5.91 Å². The van der Waals surface area contributed by atoms with Gasteiger partial charge in [-0.15, -0.1) is 0 Å². The molecule has 1 aromatic carbocycles. The molecule has 0 heterocycles. The third kappa shape index (κ3) is 1.95. The summed E-state index contributed by atoms with van der Waals surface area (Å²) < 4.78 is 0. The summed E-state index contributed by atoms with van der Waals surface area (Å²) in [5, 5.41) is 0. The Kier molecular flexibility index (Phi) is 3.05. The highest BCUT2D eigenvalue weighted by Crippen LogP contribution is 2.11. The van der Waals surface area contributed by atoms with Crippen molar-refractivity contribution in [1.82, 2.24) is 0 Å². The Hall–Kier alpha value is -1.09. The fourth-order valence-corrected chi connectivity index (χ4v) is 1.40. The van der Waals surface area contributed by atoms with Gasteiger partial charge in [-0.1, -0.05) is 18.2 Å². The van der Waals surface area contributed by atoms with Crippen molar-refractivity contribution in [1.29, 1.82) is 0 Å². The first kappa shape index (κ1) is 9.00. The number of hydrogen-bond acceptors (Lipinski definition) is 1. The molecule has 0 aliphatic rings. The summed E-state index contributed by atoms with van der Waals surface area (Å²) in [4.78, 5) is 12.7. The van der Waals surface area contributed by atoms with Crippen LogP contribution in [0.4, 0.5) is 5.69 Å². The minimum Gasteiger partial charge on any atom is -0.316 e. The van der Waals surface area contributed by atoms with Crippen molar-refractivity contribution in [3.05, 3.63) is 30.3 Å². The Labute approximate surface area is 75.6 Å². The second-order valence-electron chi connectivity index (χ2n) is 2.44. The zero-order valence-corrected chi connectivity index (χ0v) is 7.95. The van der Waals surface area contributed by atoms with Crippen LogP contribution in [-0.4, -0.2) is 22.3 Å². The Morgan fingerprint density at radius 1 is 1.42 bits per heavy atom. The van der Waals surface area contributed by atoms with E-state index < -0.39 is 0 Å². The topological polar surface area (TPSA) is 20.3 Å². The van der Waals surface area contributed by atoms with E-state index in [1.807, 2.05) is 30.3 Å². The number of hydrogen-bond donors (Lipinski definition) is 0. The van der Waals surface area contributed by atoms with Crippen LogP contribution < -0.4 is 4.90 Å². The molecule has 1 amide bonds. The first-order valence-electron chi connectivity index (χ1n) is 3.73. The van der Waals surface area contributed by atoms with Crippen LogP contribution >= 0.6 is 0 Å². The van der Waals surface area contributed by atoms with Crippen molar-refractivity contribution < 1.29 is 4.79 Å². The monoisotopic (exact) mass is 176 g/mol. The van der Waals surface area contributed by atoms with E-state index in [2.05, 4.69) is 10.2 Å². The Bertz CT molecular complexity index is 260. The van der Waals surface area contributed by atoms with E-state index >= 15 is 0 Å². The van der Waals surface area contributed by atoms with E-state index in [-0.39, 0.29) is 5.91 Å². The fourth-order valence-electron chi connectivity index (χ4n) is 0.992. The molecular weight excluding hydrogens is 166 g/mol. The summed E-state index contributed by atoms with van der Waals surface area (Å²) in [6.07, 6.45) is 0.527.